The summed E-state index contributed by atoms with van der Waals surface area (Å²) in [5.41, 5.74) is 2.85. The van der Waals surface area contributed by atoms with Crippen molar-refractivity contribution in [3.05, 3.63) is 70.8 Å². The quantitative estimate of drug-likeness (QED) is 0.887. The molecule has 0 saturated carbocycles. The fourth-order valence-corrected chi connectivity index (χ4v) is 3.29. The van der Waals surface area contributed by atoms with Gasteiger partial charge in [0.05, 0.1) is 36.8 Å². The Morgan fingerprint density at radius 3 is 1.42 bits per heavy atom. The normalized spacial score (nSPS) is 15.8. The number of ether oxygens (including phenoxy) is 2. The van der Waals surface area contributed by atoms with Crippen molar-refractivity contribution in [3.63, 3.8) is 0 Å². The summed E-state index contributed by atoms with van der Waals surface area (Å²) in [6.45, 7) is 0. The standard InChI is InChI=1S/C20H16N2O4/c1-25-13-9-5-3-7-11(13)17-15-16(20(24)21-17)18(22-19(15)23)12-8-4-6-10-14(12)26-2/h3-10H,1-2H3,(H,21,24)(H,22,23). The average molecular weight is 348 g/mol. The number of nitrogens with one attached hydrogen (secondary N) is 2. The van der Waals surface area contributed by atoms with Gasteiger partial charge in [-0.3, -0.25) is 9.59 Å². The zero-order valence-corrected chi connectivity index (χ0v) is 14.3. The van der Waals surface area contributed by atoms with Gasteiger partial charge in [0.1, 0.15) is 11.5 Å². The van der Waals surface area contributed by atoms with E-state index in [4.69, 9.17) is 9.47 Å². The van der Waals surface area contributed by atoms with Crippen molar-refractivity contribution in [1.82, 2.24) is 10.6 Å². The van der Waals surface area contributed by atoms with E-state index in [9.17, 15) is 9.59 Å². The molecule has 0 fully saturated rings. The highest BCUT2D eigenvalue weighted by molar-refractivity contribution is 6.30. The topological polar surface area (TPSA) is 76.7 Å². The Morgan fingerprint density at radius 1 is 0.654 bits per heavy atom. The Morgan fingerprint density at radius 2 is 1.04 bits per heavy atom. The van der Waals surface area contributed by atoms with Crippen LogP contribution in [0.25, 0.3) is 11.4 Å². The molecule has 2 aromatic carbocycles. The molecule has 6 nitrogen and oxygen atoms in total. The summed E-state index contributed by atoms with van der Waals surface area (Å²) in [6, 6.07) is 14.5. The van der Waals surface area contributed by atoms with Crippen LogP contribution in [0.3, 0.4) is 0 Å². The van der Waals surface area contributed by atoms with E-state index in [-0.39, 0.29) is 11.8 Å². The van der Waals surface area contributed by atoms with Crippen LogP contribution < -0.4 is 20.1 Å². The highest BCUT2D eigenvalue weighted by Crippen LogP contribution is 2.41. The highest BCUT2D eigenvalue weighted by Gasteiger charge is 2.41. The largest absolute Gasteiger partial charge is 0.496 e. The third-order valence-corrected chi connectivity index (χ3v) is 4.43. The van der Waals surface area contributed by atoms with Crippen molar-refractivity contribution in [2.45, 2.75) is 0 Å². The van der Waals surface area contributed by atoms with Gasteiger partial charge in [0, 0.05) is 11.1 Å². The van der Waals surface area contributed by atoms with Crippen LogP contribution in [-0.2, 0) is 9.59 Å². The summed E-state index contributed by atoms with van der Waals surface area (Å²) in [7, 11) is 3.10. The number of fused-ring (bicyclic) bond motifs is 1. The van der Waals surface area contributed by atoms with E-state index in [1.54, 1.807) is 38.5 Å². The molecule has 0 aliphatic carbocycles. The van der Waals surface area contributed by atoms with Crippen LogP contribution in [0.1, 0.15) is 11.1 Å². The molecular weight excluding hydrogens is 332 g/mol. The number of methoxy groups -OCH3 is 2. The maximum absolute atomic E-state index is 12.7. The molecule has 0 unspecified atom stereocenters. The van der Waals surface area contributed by atoms with Crippen LogP contribution in [-0.4, -0.2) is 26.0 Å². The molecule has 0 atom stereocenters. The molecular formula is C20H16N2O4. The Kier molecular flexibility index (Phi) is 3.73. The van der Waals surface area contributed by atoms with Gasteiger partial charge in [-0.25, -0.2) is 0 Å². The Labute approximate surface area is 150 Å². The van der Waals surface area contributed by atoms with Crippen LogP contribution in [0, 0.1) is 0 Å². The monoisotopic (exact) mass is 348 g/mol. The van der Waals surface area contributed by atoms with Gasteiger partial charge in [-0.05, 0) is 24.3 Å². The fourth-order valence-electron chi connectivity index (χ4n) is 3.29. The van der Waals surface area contributed by atoms with Crippen molar-refractivity contribution in [3.8, 4) is 11.5 Å². The average Bonchev–Trinajstić information content (AvgIpc) is 3.20. The van der Waals surface area contributed by atoms with E-state index in [1.165, 1.54) is 0 Å². The van der Waals surface area contributed by atoms with Crippen LogP contribution in [0.5, 0.6) is 11.5 Å². The molecule has 130 valence electrons. The van der Waals surface area contributed by atoms with Crippen LogP contribution in [0.2, 0.25) is 0 Å². The Balaban J connectivity index is 1.95. The number of rotatable bonds is 4. The third kappa shape index (κ3) is 2.27. The molecule has 2 heterocycles. The number of carbonyl (C=O) groups excluding carboxylic acids is 2. The number of benzene rings is 2. The van der Waals surface area contributed by atoms with Crippen molar-refractivity contribution in [1.29, 1.82) is 0 Å². The maximum Gasteiger partial charge on any atom is 0.258 e. The van der Waals surface area contributed by atoms with E-state index in [0.29, 0.717) is 45.2 Å². The summed E-state index contributed by atoms with van der Waals surface area (Å²) in [5, 5.41) is 5.63. The molecule has 0 aromatic heterocycles. The number of para-hydroxylation sites is 2. The molecule has 2 aromatic rings. The van der Waals surface area contributed by atoms with Gasteiger partial charge in [-0.2, -0.15) is 0 Å². The van der Waals surface area contributed by atoms with Gasteiger partial charge in [-0.15, -0.1) is 0 Å². The third-order valence-electron chi connectivity index (χ3n) is 4.43. The van der Waals surface area contributed by atoms with E-state index >= 15 is 0 Å². The zero-order chi connectivity index (χ0) is 18.3. The molecule has 0 radical (unpaired) electrons. The van der Waals surface area contributed by atoms with E-state index in [1.807, 2.05) is 24.3 Å². The lowest BCUT2D eigenvalue weighted by Gasteiger charge is -2.11. The number of carbonyl (C=O) groups is 2. The summed E-state index contributed by atoms with van der Waals surface area (Å²) in [5.74, 6) is 0.491. The second-order valence-electron chi connectivity index (χ2n) is 5.81. The first-order chi connectivity index (χ1) is 12.7. The van der Waals surface area contributed by atoms with Crippen molar-refractivity contribution < 1.29 is 19.1 Å². The summed E-state index contributed by atoms with van der Waals surface area (Å²) in [4.78, 5) is 25.4. The lowest BCUT2D eigenvalue weighted by Crippen LogP contribution is -2.21. The smallest absolute Gasteiger partial charge is 0.258 e. The lowest BCUT2D eigenvalue weighted by molar-refractivity contribution is -0.117. The van der Waals surface area contributed by atoms with Gasteiger partial charge in [-0.1, -0.05) is 24.3 Å². The van der Waals surface area contributed by atoms with Gasteiger partial charge in [0.2, 0.25) is 0 Å². The minimum atomic E-state index is -0.333. The van der Waals surface area contributed by atoms with Gasteiger partial charge >= 0.3 is 0 Å². The molecule has 26 heavy (non-hydrogen) atoms. The molecule has 0 spiro atoms. The van der Waals surface area contributed by atoms with Gasteiger partial charge in [0.15, 0.2) is 0 Å². The summed E-state index contributed by atoms with van der Waals surface area (Å²) < 4.78 is 10.7. The molecule has 4 rings (SSSR count). The summed E-state index contributed by atoms with van der Waals surface area (Å²) >= 11 is 0. The molecule has 2 aliphatic rings. The predicted molar refractivity (Wildman–Crippen MR) is 96.1 cm³/mol. The molecule has 0 bridgehead atoms. The van der Waals surface area contributed by atoms with Gasteiger partial charge in [0.25, 0.3) is 11.8 Å². The molecule has 2 N–H and O–H groups in total. The first kappa shape index (κ1) is 16.0. The summed E-state index contributed by atoms with van der Waals surface area (Å²) in [6.07, 6.45) is 0. The second kappa shape index (κ2) is 6.07. The van der Waals surface area contributed by atoms with Crippen molar-refractivity contribution >= 4 is 23.2 Å². The molecule has 0 saturated heterocycles. The van der Waals surface area contributed by atoms with E-state index in [2.05, 4.69) is 10.6 Å². The van der Waals surface area contributed by atoms with Crippen LogP contribution in [0.4, 0.5) is 0 Å². The SMILES string of the molecule is COc1ccccc1C1=C2C(=O)NC(c3ccccc3OC)=C2C(=O)N1. The number of hydrogen-bond donors (Lipinski definition) is 2. The Bertz CT molecular complexity index is 923. The van der Waals surface area contributed by atoms with Crippen LogP contribution >= 0.6 is 0 Å². The van der Waals surface area contributed by atoms with Crippen molar-refractivity contribution in [2.75, 3.05) is 14.2 Å². The molecule has 6 heteroatoms. The maximum atomic E-state index is 12.7. The predicted octanol–water partition coefficient (Wildman–Crippen LogP) is 2.09. The Hall–Kier alpha value is -3.54. The number of hydrogen-bond acceptors (Lipinski definition) is 4. The van der Waals surface area contributed by atoms with E-state index < -0.39 is 0 Å². The molecule has 2 amide bonds. The minimum absolute atomic E-state index is 0.320. The zero-order valence-electron chi connectivity index (χ0n) is 14.3. The lowest BCUT2D eigenvalue weighted by atomic mass is 10.0. The minimum Gasteiger partial charge on any atom is -0.496 e. The first-order valence-electron chi connectivity index (χ1n) is 8.04. The number of amides is 2. The highest BCUT2D eigenvalue weighted by atomic mass is 16.5. The second-order valence-corrected chi connectivity index (χ2v) is 5.81. The van der Waals surface area contributed by atoms with Crippen molar-refractivity contribution in [2.24, 2.45) is 0 Å². The first-order valence-corrected chi connectivity index (χ1v) is 8.04. The fraction of sp³-hybridized carbons (Fsp3) is 0.100. The van der Waals surface area contributed by atoms with Crippen LogP contribution in [0.15, 0.2) is 59.7 Å². The van der Waals surface area contributed by atoms with E-state index in [0.717, 1.165) is 0 Å². The van der Waals surface area contributed by atoms with Gasteiger partial charge < -0.3 is 20.1 Å². The molecule has 2 aliphatic heterocycles.